The molecule has 11 heteroatoms. The van der Waals surface area contributed by atoms with E-state index in [9.17, 15) is 18.0 Å². The summed E-state index contributed by atoms with van der Waals surface area (Å²) in [5.74, 6) is -0.925. The summed E-state index contributed by atoms with van der Waals surface area (Å²) in [4.78, 5) is 28.0. The van der Waals surface area contributed by atoms with Gasteiger partial charge in [-0.15, -0.1) is 0 Å². The van der Waals surface area contributed by atoms with E-state index >= 15 is 0 Å². The molecule has 0 heterocycles. The number of hydrogen-bond donors (Lipinski definition) is 1. The summed E-state index contributed by atoms with van der Waals surface area (Å²) in [6.07, 6.45) is 0.726. The normalized spacial score (nSPS) is 12.0. The van der Waals surface area contributed by atoms with Gasteiger partial charge in [0.25, 0.3) is 10.0 Å². The van der Waals surface area contributed by atoms with Gasteiger partial charge in [0.05, 0.1) is 20.6 Å². The second-order valence-electron chi connectivity index (χ2n) is 8.54. The molecule has 0 bridgehead atoms. The predicted molar refractivity (Wildman–Crippen MR) is 152 cm³/mol. The maximum absolute atomic E-state index is 13.8. The zero-order chi connectivity index (χ0) is 27.9. The van der Waals surface area contributed by atoms with Crippen LogP contribution in [0.15, 0.2) is 77.7 Å². The smallest absolute Gasteiger partial charge is 0.264 e. The Kier molecular flexibility index (Phi) is 10.4. The van der Waals surface area contributed by atoms with Crippen LogP contribution in [-0.4, -0.2) is 44.3 Å². The van der Waals surface area contributed by atoms with Crippen molar-refractivity contribution in [1.29, 1.82) is 0 Å². The van der Waals surface area contributed by atoms with Crippen LogP contribution in [0.2, 0.25) is 15.1 Å². The van der Waals surface area contributed by atoms with E-state index in [1.54, 1.807) is 49.4 Å². The molecule has 0 aromatic heterocycles. The third kappa shape index (κ3) is 7.41. The minimum atomic E-state index is -4.18. The summed E-state index contributed by atoms with van der Waals surface area (Å²) >= 11 is 18.3. The van der Waals surface area contributed by atoms with Crippen molar-refractivity contribution in [3.63, 3.8) is 0 Å². The minimum absolute atomic E-state index is 0.00291. The fraction of sp³-hybridized carbons (Fsp3) is 0.259. The molecule has 2 amide bonds. The zero-order valence-electron chi connectivity index (χ0n) is 20.9. The standard InChI is InChI=1S/C27H28Cl3N3O4S/c1-3-15-31-27(35)19(2)32(17-20-9-11-21(28)12-10-20)26(34)18-33(22-13-14-24(29)25(30)16-22)38(36,37)23-7-5-4-6-8-23/h4-14,16,19H,3,15,17-18H2,1-2H3,(H,31,35). The van der Waals surface area contributed by atoms with Crippen molar-refractivity contribution in [2.45, 2.75) is 37.8 Å². The average Bonchev–Trinajstić information content (AvgIpc) is 2.91. The lowest BCUT2D eigenvalue weighted by molar-refractivity contribution is -0.139. The second-order valence-corrected chi connectivity index (χ2v) is 11.7. The average molecular weight is 597 g/mol. The Morgan fingerprint density at radius 1 is 0.921 bits per heavy atom. The van der Waals surface area contributed by atoms with Gasteiger partial charge in [-0.1, -0.05) is 72.1 Å². The number of nitrogens with zero attached hydrogens (tertiary/aromatic N) is 2. The molecule has 0 spiro atoms. The van der Waals surface area contributed by atoms with Crippen LogP contribution in [0.4, 0.5) is 5.69 Å². The molecule has 3 rings (SSSR count). The molecule has 0 aliphatic rings. The van der Waals surface area contributed by atoms with Gasteiger partial charge in [-0.25, -0.2) is 8.42 Å². The molecule has 202 valence electrons. The Hall–Kier alpha value is -2.78. The molecule has 38 heavy (non-hydrogen) atoms. The number of amides is 2. The van der Waals surface area contributed by atoms with Gasteiger partial charge in [-0.2, -0.15) is 0 Å². The topological polar surface area (TPSA) is 86.8 Å². The fourth-order valence-corrected chi connectivity index (χ4v) is 5.50. The van der Waals surface area contributed by atoms with Crippen LogP contribution in [0.25, 0.3) is 0 Å². The first-order chi connectivity index (χ1) is 18.0. The van der Waals surface area contributed by atoms with Crippen molar-refractivity contribution in [2.75, 3.05) is 17.4 Å². The molecule has 1 atom stereocenters. The van der Waals surface area contributed by atoms with Crippen molar-refractivity contribution in [3.05, 3.63) is 93.4 Å². The number of carbonyl (C=O) groups is 2. The van der Waals surface area contributed by atoms with Gasteiger partial charge in [-0.3, -0.25) is 13.9 Å². The lowest BCUT2D eigenvalue weighted by Crippen LogP contribution is -2.51. The highest BCUT2D eigenvalue weighted by Gasteiger charge is 2.32. The third-order valence-electron chi connectivity index (χ3n) is 5.78. The maximum Gasteiger partial charge on any atom is 0.264 e. The molecular weight excluding hydrogens is 569 g/mol. The summed E-state index contributed by atoms with van der Waals surface area (Å²) in [7, 11) is -4.18. The molecule has 1 unspecified atom stereocenters. The maximum atomic E-state index is 13.8. The molecule has 0 saturated heterocycles. The largest absolute Gasteiger partial charge is 0.354 e. The van der Waals surface area contributed by atoms with Gasteiger partial charge >= 0.3 is 0 Å². The molecule has 3 aromatic carbocycles. The Labute approximate surface area is 238 Å². The van der Waals surface area contributed by atoms with E-state index in [-0.39, 0.29) is 33.1 Å². The SMILES string of the molecule is CCCNC(=O)C(C)N(Cc1ccc(Cl)cc1)C(=O)CN(c1ccc(Cl)c(Cl)c1)S(=O)(=O)c1ccccc1. The third-order valence-corrected chi connectivity index (χ3v) is 8.56. The summed E-state index contributed by atoms with van der Waals surface area (Å²) in [5, 5.41) is 3.70. The first kappa shape index (κ1) is 29.8. The van der Waals surface area contributed by atoms with Gasteiger partial charge in [0.2, 0.25) is 11.8 Å². The van der Waals surface area contributed by atoms with E-state index in [2.05, 4.69) is 5.32 Å². The first-order valence-corrected chi connectivity index (χ1v) is 14.5. The number of hydrogen-bond acceptors (Lipinski definition) is 4. The summed E-state index contributed by atoms with van der Waals surface area (Å²) in [6.45, 7) is 3.47. The van der Waals surface area contributed by atoms with E-state index in [4.69, 9.17) is 34.8 Å². The van der Waals surface area contributed by atoms with Gasteiger partial charge in [0.15, 0.2) is 0 Å². The van der Waals surface area contributed by atoms with E-state index < -0.39 is 28.5 Å². The van der Waals surface area contributed by atoms with Crippen LogP contribution < -0.4 is 9.62 Å². The summed E-state index contributed by atoms with van der Waals surface area (Å²) in [6, 6.07) is 18.1. The van der Waals surface area contributed by atoms with Gasteiger partial charge < -0.3 is 10.2 Å². The number of halogens is 3. The monoisotopic (exact) mass is 595 g/mol. The highest BCUT2D eigenvalue weighted by atomic mass is 35.5. The number of anilines is 1. The van der Waals surface area contributed by atoms with Gasteiger partial charge in [0, 0.05) is 18.1 Å². The lowest BCUT2D eigenvalue weighted by atomic mass is 10.1. The van der Waals surface area contributed by atoms with Crippen molar-refractivity contribution in [3.8, 4) is 0 Å². The fourth-order valence-electron chi connectivity index (χ4n) is 3.65. The Bertz CT molecular complexity index is 1370. The van der Waals surface area contributed by atoms with Crippen molar-refractivity contribution in [1.82, 2.24) is 10.2 Å². The highest BCUT2D eigenvalue weighted by molar-refractivity contribution is 7.92. The molecule has 7 nitrogen and oxygen atoms in total. The molecule has 0 fully saturated rings. The van der Waals surface area contributed by atoms with E-state index in [0.717, 1.165) is 16.3 Å². The van der Waals surface area contributed by atoms with Crippen LogP contribution >= 0.6 is 34.8 Å². The Balaban J connectivity index is 2.02. The number of rotatable bonds is 11. The van der Waals surface area contributed by atoms with Crippen LogP contribution in [0, 0.1) is 0 Å². The second kappa shape index (κ2) is 13.3. The minimum Gasteiger partial charge on any atom is -0.354 e. The summed E-state index contributed by atoms with van der Waals surface area (Å²) in [5.41, 5.74) is 0.885. The number of carbonyl (C=O) groups excluding carboxylic acids is 2. The molecule has 0 aliphatic carbocycles. The molecule has 0 aliphatic heterocycles. The lowest BCUT2D eigenvalue weighted by Gasteiger charge is -2.32. The molecule has 1 N–H and O–H groups in total. The number of benzene rings is 3. The number of sulfonamides is 1. The van der Waals surface area contributed by atoms with Crippen molar-refractivity contribution < 1.29 is 18.0 Å². The zero-order valence-corrected chi connectivity index (χ0v) is 24.0. The van der Waals surface area contributed by atoms with Crippen LogP contribution in [0.3, 0.4) is 0 Å². The quantitative estimate of drug-likeness (QED) is 0.304. The molecular formula is C27H28Cl3N3O4S. The van der Waals surface area contributed by atoms with E-state index in [1.807, 2.05) is 6.92 Å². The molecule has 0 radical (unpaired) electrons. The van der Waals surface area contributed by atoms with Crippen LogP contribution in [0.1, 0.15) is 25.8 Å². The van der Waals surface area contributed by atoms with Crippen LogP contribution in [0.5, 0.6) is 0 Å². The van der Waals surface area contributed by atoms with Crippen molar-refractivity contribution in [2.24, 2.45) is 0 Å². The molecule has 3 aromatic rings. The Morgan fingerprint density at radius 2 is 1.58 bits per heavy atom. The van der Waals surface area contributed by atoms with Crippen LogP contribution in [-0.2, 0) is 26.2 Å². The molecule has 0 saturated carbocycles. The van der Waals surface area contributed by atoms with E-state index in [0.29, 0.717) is 11.6 Å². The summed E-state index contributed by atoms with van der Waals surface area (Å²) < 4.78 is 28.4. The number of nitrogens with one attached hydrogen (secondary N) is 1. The highest BCUT2D eigenvalue weighted by Crippen LogP contribution is 2.31. The van der Waals surface area contributed by atoms with Gasteiger partial charge in [-0.05, 0) is 61.4 Å². The van der Waals surface area contributed by atoms with Gasteiger partial charge in [0.1, 0.15) is 12.6 Å². The Morgan fingerprint density at radius 3 is 2.18 bits per heavy atom. The first-order valence-electron chi connectivity index (χ1n) is 11.9. The predicted octanol–water partition coefficient (Wildman–Crippen LogP) is 5.79. The van der Waals surface area contributed by atoms with E-state index in [1.165, 1.54) is 35.2 Å². The van der Waals surface area contributed by atoms with Crippen molar-refractivity contribution >= 4 is 62.3 Å².